The van der Waals surface area contributed by atoms with E-state index in [4.69, 9.17) is 16.3 Å². The van der Waals surface area contributed by atoms with Gasteiger partial charge in [0.15, 0.2) is 11.6 Å². The highest BCUT2D eigenvalue weighted by molar-refractivity contribution is 6.20. The van der Waals surface area contributed by atoms with Gasteiger partial charge in [0.25, 0.3) is 5.69 Å². The molecule has 100 valence electrons. The third-order valence-electron chi connectivity index (χ3n) is 2.59. The van der Waals surface area contributed by atoms with Crippen molar-refractivity contribution >= 4 is 17.3 Å². The SMILES string of the molecule is CCCC(Cl)Cc1cc(OC)c(F)cc1[N+](=O)[O-]. The fourth-order valence-electron chi connectivity index (χ4n) is 1.73. The molecule has 0 heterocycles. The second-order valence-electron chi connectivity index (χ2n) is 3.96. The highest BCUT2D eigenvalue weighted by Gasteiger charge is 2.20. The second-order valence-corrected chi connectivity index (χ2v) is 4.58. The molecule has 0 N–H and O–H groups in total. The topological polar surface area (TPSA) is 52.4 Å². The fraction of sp³-hybridized carbons (Fsp3) is 0.500. The number of alkyl halides is 1. The van der Waals surface area contributed by atoms with E-state index in [-0.39, 0.29) is 16.8 Å². The lowest BCUT2D eigenvalue weighted by Gasteiger charge is -2.10. The molecule has 1 atom stereocenters. The van der Waals surface area contributed by atoms with Crippen LogP contribution in [0.4, 0.5) is 10.1 Å². The van der Waals surface area contributed by atoms with E-state index in [1.54, 1.807) is 0 Å². The summed E-state index contributed by atoms with van der Waals surface area (Å²) in [5.74, 6) is -0.745. The summed E-state index contributed by atoms with van der Waals surface area (Å²) in [7, 11) is 1.32. The van der Waals surface area contributed by atoms with Crippen LogP contribution in [0.1, 0.15) is 25.3 Å². The van der Waals surface area contributed by atoms with E-state index in [2.05, 4.69) is 0 Å². The number of nitro groups is 1. The van der Waals surface area contributed by atoms with E-state index in [1.165, 1.54) is 13.2 Å². The Hall–Kier alpha value is -1.36. The van der Waals surface area contributed by atoms with Gasteiger partial charge in [-0.3, -0.25) is 10.1 Å². The molecule has 1 aromatic rings. The molecule has 1 rings (SSSR count). The number of nitro benzene ring substituents is 1. The Morgan fingerprint density at radius 1 is 1.56 bits per heavy atom. The molecule has 0 spiro atoms. The van der Waals surface area contributed by atoms with Gasteiger partial charge in [0.2, 0.25) is 0 Å². The first-order valence-corrected chi connectivity index (χ1v) is 6.08. The minimum atomic E-state index is -0.741. The van der Waals surface area contributed by atoms with Crippen molar-refractivity contribution in [2.45, 2.75) is 31.6 Å². The van der Waals surface area contributed by atoms with E-state index in [9.17, 15) is 14.5 Å². The van der Waals surface area contributed by atoms with Gasteiger partial charge in [-0.2, -0.15) is 0 Å². The van der Waals surface area contributed by atoms with Crippen molar-refractivity contribution in [1.29, 1.82) is 0 Å². The lowest BCUT2D eigenvalue weighted by Crippen LogP contribution is -2.06. The van der Waals surface area contributed by atoms with E-state index in [1.807, 2.05) is 6.92 Å². The molecular weight excluding hydrogens is 261 g/mol. The zero-order valence-electron chi connectivity index (χ0n) is 10.3. The average Bonchev–Trinajstić information content (AvgIpc) is 2.30. The smallest absolute Gasteiger partial charge is 0.275 e. The zero-order valence-corrected chi connectivity index (χ0v) is 11.0. The normalized spacial score (nSPS) is 12.2. The van der Waals surface area contributed by atoms with Crippen LogP contribution in [0.2, 0.25) is 0 Å². The average molecular weight is 276 g/mol. The Kier molecular flexibility index (Phi) is 5.34. The van der Waals surface area contributed by atoms with E-state index in [0.717, 1.165) is 18.9 Å². The standard InChI is InChI=1S/C12H15ClFNO3/c1-3-4-9(13)5-8-6-12(18-2)10(14)7-11(8)15(16)17/h6-7,9H,3-5H2,1-2H3. The largest absolute Gasteiger partial charge is 0.494 e. The summed E-state index contributed by atoms with van der Waals surface area (Å²) >= 11 is 6.07. The van der Waals surface area contributed by atoms with Crippen LogP contribution >= 0.6 is 11.6 Å². The quantitative estimate of drug-likeness (QED) is 0.452. The van der Waals surface area contributed by atoms with Gasteiger partial charge < -0.3 is 4.74 Å². The fourth-order valence-corrected chi connectivity index (χ4v) is 2.11. The van der Waals surface area contributed by atoms with Crippen molar-refractivity contribution < 1.29 is 14.1 Å². The minimum Gasteiger partial charge on any atom is -0.494 e. The highest BCUT2D eigenvalue weighted by Crippen LogP contribution is 2.29. The van der Waals surface area contributed by atoms with Crippen LogP contribution < -0.4 is 4.74 Å². The van der Waals surface area contributed by atoms with Gasteiger partial charge in [-0.05, 0) is 18.9 Å². The van der Waals surface area contributed by atoms with Crippen LogP contribution in [0.15, 0.2) is 12.1 Å². The van der Waals surface area contributed by atoms with Crippen molar-refractivity contribution in [2.75, 3.05) is 7.11 Å². The second kappa shape index (κ2) is 6.54. The molecule has 0 radical (unpaired) electrons. The third-order valence-corrected chi connectivity index (χ3v) is 2.97. The number of hydrogen-bond acceptors (Lipinski definition) is 3. The molecule has 6 heteroatoms. The molecule has 0 aliphatic heterocycles. The lowest BCUT2D eigenvalue weighted by molar-refractivity contribution is -0.385. The predicted octanol–water partition coefficient (Wildman–Crippen LogP) is 3.69. The van der Waals surface area contributed by atoms with Gasteiger partial charge in [0, 0.05) is 10.9 Å². The van der Waals surface area contributed by atoms with Gasteiger partial charge in [-0.1, -0.05) is 13.3 Å². The van der Waals surface area contributed by atoms with Crippen LogP contribution in [0.3, 0.4) is 0 Å². The van der Waals surface area contributed by atoms with Crippen LogP contribution in [0.25, 0.3) is 0 Å². The maximum absolute atomic E-state index is 13.4. The molecule has 18 heavy (non-hydrogen) atoms. The Morgan fingerprint density at radius 3 is 2.72 bits per heavy atom. The first kappa shape index (κ1) is 14.7. The van der Waals surface area contributed by atoms with Gasteiger partial charge >= 0.3 is 0 Å². The number of nitrogens with zero attached hydrogens (tertiary/aromatic N) is 1. The summed E-state index contributed by atoms with van der Waals surface area (Å²) < 4.78 is 18.2. The molecule has 0 aliphatic rings. The maximum atomic E-state index is 13.4. The maximum Gasteiger partial charge on any atom is 0.275 e. The Morgan fingerprint density at radius 2 is 2.22 bits per heavy atom. The molecule has 0 saturated carbocycles. The predicted molar refractivity (Wildman–Crippen MR) is 67.9 cm³/mol. The number of ether oxygens (including phenoxy) is 1. The van der Waals surface area contributed by atoms with Crippen molar-refractivity contribution in [1.82, 2.24) is 0 Å². The number of methoxy groups -OCH3 is 1. The van der Waals surface area contributed by atoms with Crippen molar-refractivity contribution in [3.63, 3.8) is 0 Å². The summed E-state index contributed by atoms with van der Waals surface area (Å²) in [5.41, 5.74) is 0.141. The van der Waals surface area contributed by atoms with Gasteiger partial charge in [-0.15, -0.1) is 11.6 Å². The summed E-state index contributed by atoms with van der Waals surface area (Å²) in [4.78, 5) is 10.3. The first-order chi connectivity index (χ1) is 8.49. The third kappa shape index (κ3) is 3.57. The van der Waals surface area contributed by atoms with E-state index < -0.39 is 10.7 Å². The summed E-state index contributed by atoms with van der Waals surface area (Å²) in [6.07, 6.45) is 1.96. The van der Waals surface area contributed by atoms with Crippen molar-refractivity contribution in [2.24, 2.45) is 0 Å². The number of rotatable bonds is 6. The van der Waals surface area contributed by atoms with E-state index >= 15 is 0 Å². The molecule has 4 nitrogen and oxygen atoms in total. The molecule has 0 bridgehead atoms. The molecule has 1 unspecified atom stereocenters. The van der Waals surface area contributed by atoms with Gasteiger partial charge in [0.1, 0.15) is 0 Å². The summed E-state index contributed by atoms with van der Waals surface area (Å²) in [5, 5.41) is 10.7. The number of halogens is 2. The lowest BCUT2D eigenvalue weighted by atomic mass is 10.0. The first-order valence-electron chi connectivity index (χ1n) is 5.64. The highest BCUT2D eigenvalue weighted by atomic mass is 35.5. The molecule has 1 aromatic carbocycles. The van der Waals surface area contributed by atoms with Crippen molar-refractivity contribution in [3.8, 4) is 5.75 Å². The number of hydrogen-bond donors (Lipinski definition) is 0. The summed E-state index contributed by atoms with van der Waals surface area (Å²) in [6.45, 7) is 1.98. The van der Waals surface area contributed by atoms with Crippen LogP contribution in [-0.2, 0) is 6.42 Å². The van der Waals surface area contributed by atoms with Crippen molar-refractivity contribution in [3.05, 3.63) is 33.6 Å². The van der Waals surface area contributed by atoms with Gasteiger partial charge in [0.05, 0.1) is 18.1 Å². The van der Waals surface area contributed by atoms with Crippen LogP contribution in [0, 0.1) is 15.9 Å². The Balaban J connectivity index is 3.10. The van der Waals surface area contributed by atoms with Crippen LogP contribution in [-0.4, -0.2) is 17.4 Å². The molecule has 0 amide bonds. The summed E-state index contributed by atoms with van der Waals surface area (Å²) in [6, 6.07) is 2.22. The van der Waals surface area contributed by atoms with Gasteiger partial charge in [-0.25, -0.2) is 4.39 Å². The number of benzene rings is 1. The Bertz CT molecular complexity index is 440. The molecule has 0 saturated heterocycles. The minimum absolute atomic E-state index is 0.00374. The molecule has 0 aromatic heterocycles. The monoisotopic (exact) mass is 275 g/mol. The molecule has 0 aliphatic carbocycles. The Labute approximate surface area is 110 Å². The molecule has 0 fully saturated rings. The zero-order chi connectivity index (χ0) is 13.7. The van der Waals surface area contributed by atoms with Crippen LogP contribution in [0.5, 0.6) is 5.75 Å². The molecular formula is C12H15ClFNO3. The van der Waals surface area contributed by atoms with E-state index in [0.29, 0.717) is 12.0 Å².